The molecule has 0 amide bonds. The van der Waals surface area contributed by atoms with Crippen molar-refractivity contribution in [2.45, 2.75) is 52.1 Å². The summed E-state index contributed by atoms with van der Waals surface area (Å²) in [6, 6.07) is 5.17. The molecule has 0 radical (unpaired) electrons. The first-order valence-corrected chi connectivity index (χ1v) is 6.08. The van der Waals surface area contributed by atoms with Crippen molar-refractivity contribution < 1.29 is 13.9 Å². The molecule has 0 fully saturated rings. The standard InChI is InChI=1S/C14H21F2NO/c1-12(2,3)14(18,9-8-13(4,15)16)11-7-5-6-10-17-11/h5-7,10,18H,8-9H2,1-4H3. The molecule has 0 aliphatic rings. The fourth-order valence-corrected chi connectivity index (χ4v) is 1.90. The minimum Gasteiger partial charge on any atom is -0.383 e. The van der Waals surface area contributed by atoms with Gasteiger partial charge in [0.2, 0.25) is 5.92 Å². The summed E-state index contributed by atoms with van der Waals surface area (Å²) in [6.45, 7) is 6.36. The van der Waals surface area contributed by atoms with E-state index in [4.69, 9.17) is 0 Å². The van der Waals surface area contributed by atoms with Gasteiger partial charge in [-0.2, -0.15) is 0 Å². The van der Waals surface area contributed by atoms with Crippen molar-refractivity contribution in [1.29, 1.82) is 0 Å². The van der Waals surface area contributed by atoms with Gasteiger partial charge in [-0.15, -0.1) is 0 Å². The Morgan fingerprint density at radius 3 is 2.11 bits per heavy atom. The summed E-state index contributed by atoms with van der Waals surface area (Å²) in [6.07, 6.45) is 1.19. The first-order chi connectivity index (χ1) is 8.06. The summed E-state index contributed by atoms with van der Waals surface area (Å²) in [5.41, 5.74) is -1.47. The number of pyridine rings is 1. The summed E-state index contributed by atoms with van der Waals surface area (Å²) in [5, 5.41) is 10.8. The summed E-state index contributed by atoms with van der Waals surface area (Å²) < 4.78 is 26.1. The second kappa shape index (κ2) is 4.92. The molecule has 1 aromatic heterocycles. The number of hydrogen-bond acceptors (Lipinski definition) is 2. The molecule has 0 aliphatic carbocycles. The van der Waals surface area contributed by atoms with Gasteiger partial charge in [0.15, 0.2) is 0 Å². The van der Waals surface area contributed by atoms with Crippen LogP contribution in [0.2, 0.25) is 0 Å². The smallest absolute Gasteiger partial charge is 0.245 e. The van der Waals surface area contributed by atoms with E-state index in [9.17, 15) is 13.9 Å². The van der Waals surface area contributed by atoms with Crippen LogP contribution in [0.3, 0.4) is 0 Å². The molecule has 0 aliphatic heterocycles. The second-order valence-corrected chi connectivity index (χ2v) is 5.90. The van der Waals surface area contributed by atoms with Crippen LogP contribution in [0.1, 0.15) is 46.2 Å². The second-order valence-electron chi connectivity index (χ2n) is 5.90. The Morgan fingerprint density at radius 1 is 1.11 bits per heavy atom. The third-order valence-corrected chi connectivity index (χ3v) is 3.26. The summed E-state index contributed by atoms with van der Waals surface area (Å²) in [4.78, 5) is 4.12. The fourth-order valence-electron chi connectivity index (χ4n) is 1.90. The molecule has 2 nitrogen and oxygen atoms in total. The van der Waals surface area contributed by atoms with E-state index in [1.165, 1.54) is 0 Å². The molecule has 0 saturated heterocycles. The zero-order valence-electron chi connectivity index (χ0n) is 11.4. The Balaban J connectivity index is 3.05. The number of hydrogen-bond donors (Lipinski definition) is 1. The number of aliphatic hydroxyl groups is 1. The molecule has 1 rings (SSSR count). The van der Waals surface area contributed by atoms with Gasteiger partial charge < -0.3 is 5.11 Å². The maximum absolute atomic E-state index is 13.0. The van der Waals surface area contributed by atoms with Crippen molar-refractivity contribution in [2.24, 2.45) is 5.41 Å². The highest BCUT2D eigenvalue weighted by atomic mass is 19.3. The lowest BCUT2D eigenvalue weighted by Gasteiger charge is -2.40. The predicted molar refractivity (Wildman–Crippen MR) is 67.4 cm³/mol. The van der Waals surface area contributed by atoms with Gasteiger partial charge in [0.25, 0.3) is 0 Å². The Labute approximate surface area is 107 Å². The normalized spacial score (nSPS) is 16.4. The maximum atomic E-state index is 13.0. The molecule has 0 spiro atoms. The highest BCUT2D eigenvalue weighted by molar-refractivity contribution is 5.16. The van der Waals surface area contributed by atoms with Crippen LogP contribution in [0.15, 0.2) is 24.4 Å². The van der Waals surface area contributed by atoms with Gasteiger partial charge in [-0.3, -0.25) is 4.98 Å². The molecular formula is C14H21F2NO. The Kier molecular flexibility index (Phi) is 4.11. The van der Waals surface area contributed by atoms with Crippen molar-refractivity contribution in [3.05, 3.63) is 30.1 Å². The monoisotopic (exact) mass is 257 g/mol. The van der Waals surface area contributed by atoms with E-state index in [1.54, 1.807) is 24.4 Å². The molecule has 1 aromatic rings. The molecule has 18 heavy (non-hydrogen) atoms. The van der Waals surface area contributed by atoms with Crippen LogP contribution in [0.5, 0.6) is 0 Å². The van der Waals surface area contributed by atoms with Crippen LogP contribution >= 0.6 is 0 Å². The van der Waals surface area contributed by atoms with E-state index in [2.05, 4.69) is 4.98 Å². The molecule has 1 unspecified atom stereocenters. The lowest BCUT2D eigenvalue weighted by molar-refractivity contribution is -0.0975. The molecule has 4 heteroatoms. The van der Waals surface area contributed by atoms with E-state index in [-0.39, 0.29) is 12.8 Å². The van der Waals surface area contributed by atoms with Crippen LogP contribution < -0.4 is 0 Å². The lowest BCUT2D eigenvalue weighted by atomic mass is 9.71. The van der Waals surface area contributed by atoms with Gasteiger partial charge in [-0.1, -0.05) is 26.8 Å². The zero-order valence-corrected chi connectivity index (χ0v) is 11.4. The molecule has 0 bridgehead atoms. The Hall–Kier alpha value is -1.03. The van der Waals surface area contributed by atoms with Crippen molar-refractivity contribution in [1.82, 2.24) is 4.98 Å². The van der Waals surface area contributed by atoms with Crippen LogP contribution in [-0.2, 0) is 5.60 Å². The molecule has 102 valence electrons. The minimum atomic E-state index is -2.78. The van der Waals surface area contributed by atoms with Crippen molar-refractivity contribution >= 4 is 0 Å². The van der Waals surface area contributed by atoms with Gasteiger partial charge in [0.1, 0.15) is 5.60 Å². The van der Waals surface area contributed by atoms with Gasteiger partial charge in [0.05, 0.1) is 5.69 Å². The van der Waals surface area contributed by atoms with Gasteiger partial charge in [0, 0.05) is 12.6 Å². The predicted octanol–water partition coefficient (Wildman–Crippen LogP) is 3.75. The fraction of sp³-hybridized carbons (Fsp3) is 0.643. The van der Waals surface area contributed by atoms with E-state index in [1.807, 2.05) is 20.8 Å². The Morgan fingerprint density at radius 2 is 1.72 bits per heavy atom. The molecule has 1 N–H and O–H groups in total. The average molecular weight is 257 g/mol. The van der Waals surface area contributed by atoms with Gasteiger partial charge >= 0.3 is 0 Å². The number of rotatable bonds is 4. The molecule has 1 atom stereocenters. The van der Waals surface area contributed by atoms with Crippen molar-refractivity contribution in [2.75, 3.05) is 0 Å². The lowest BCUT2D eigenvalue weighted by Crippen LogP contribution is -2.41. The Bertz CT molecular complexity index is 381. The van der Waals surface area contributed by atoms with Crippen LogP contribution in [0, 0.1) is 5.41 Å². The van der Waals surface area contributed by atoms with E-state index >= 15 is 0 Å². The van der Waals surface area contributed by atoms with Crippen LogP contribution in [0.4, 0.5) is 8.78 Å². The summed E-state index contributed by atoms with van der Waals surface area (Å²) in [7, 11) is 0. The van der Waals surface area contributed by atoms with E-state index < -0.39 is 16.9 Å². The molecule has 0 aromatic carbocycles. The van der Waals surface area contributed by atoms with E-state index in [0.717, 1.165) is 6.92 Å². The SMILES string of the molecule is CC(F)(F)CCC(O)(c1ccccn1)C(C)(C)C. The zero-order chi connectivity index (χ0) is 14.0. The summed E-state index contributed by atoms with van der Waals surface area (Å²) in [5.74, 6) is -2.78. The summed E-state index contributed by atoms with van der Waals surface area (Å²) >= 11 is 0. The quantitative estimate of drug-likeness (QED) is 0.891. The topological polar surface area (TPSA) is 33.1 Å². The number of alkyl halides is 2. The third-order valence-electron chi connectivity index (χ3n) is 3.26. The number of halogens is 2. The number of aromatic nitrogens is 1. The largest absolute Gasteiger partial charge is 0.383 e. The first kappa shape index (κ1) is 15.0. The van der Waals surface area contributed by atoms with E-state index in [0.29, 0.717) is 5.69 Å². The molecular weight excluding hydrogens is 236 g/mol. The van der Waals surface area contributed by atoms with Gasteiger partial charge in [-0.25, -0.2) is 8.78 Å². The van der Waals surface area contributed by atoms with Crippen molar-refractivity contribution in [3.8, 4) is 0 Å². The van der Waals surface area contributed by atoms with Crippen LogP contribution in [0.25, 0.3) is 0 Å². The average Bonchev–Trinajstić information content (AvgIpc) is 2.24. The highest BCUT2D eigenvalue weighted by Crippen LogP contribution is 2.43. The van der Waals surface area contributed by atoms with Crippen LogP contribution in [-0.4, -0.2) is 16.0 Å². The molecule has 1 heterocycles. The highest BCUT2D eigenvalue weighted by Gasteiger charge is 2.44. The third kappa shape index (κ3) is 3.48. The maximum Gasteiger partial charge on any atom is 0.245 e. The van der Waals surface area contributed by atoms with Crippen molar-refractivity contribution in [3.63, 3.8) is 0 Å². The first-order valence-electron chi connectivity index (χ1n) is 6.08. The van der Waals surface area contributed by atoms with Gasteiger partial charge in [-0.05, 0) is 30.9 Å². The molecule has 0 saturated carbocycles. The number of nitrogens with zero attached hydrogens (tertiary/aromatic N) is 1. The minimum absolute atomic E-state index is 0.0169.